The lowest BCUT2D eigenvalue weighted by Crippen LogP contribution is -2.32. The first kappa shape index (κ1) is 20.0. The average Bonchev–Trinajstić information content (AvgIpc) is 2.43. The lowest BCUT2D eigenvalue weighted by atomic mass is 9.90. The largest absolute Gasteiger partial charge is 0.496 e. The summed E-state index contributed by atoms with van der Waals surface area (Å²) < 4.78 is 42.9. The highest BCUT2D eigenvalue weighted by molar-refractivity contribution is 5.85. The van der Waals surface area contributed by atoms with Gasteiger partial charge in [-0.05, 0) is 18.1 Å². The van der Waals surface area contributed by atoms with Gasteiger partial charge in [-0.3, -0.25) is 0 Å². The quantitative estimate of drug-likeness (QED) is 0.869. The summed E-state index contributed by atoms with van der Waals surface area (Å²) in [6.45, 7) is 3.74. The van der Waals surface area contributed by atoms with Crippen LogP contribution in [-0.2, 0) is 6.18 Å². The summed E-state index contributed by atoms with van der Waals surface area (Å²) >= 11 is 0. The molecule has 0 fully saturated rings. The van der Waals surface area contributed by atoms with Gasteiger partial charge in [0.25, 0.3) is 0 Å². The van der Waals surface area contributed by atoms with Gasteiger partial charge < -0.3 is 15.6 Å². The van der Waals surface area contributed by atoms with E-state index in [1.165, 1.54) is 13.2 Å². The van der Waals surface area contributed by atoms with Gasteiger partial charge in [0, 0.05) is 5.56 Å². The monoisotopic (exact) mass is 327 g/mol. The Bertz CT molecular complexity index is 454. The number of halogens is 4. The maximum absolute atomic E-state index is 12.6. The third-order valence-electron chi connectivity index (χ3n) is 3.51. The van der Waals surface area contributed by atoms with Crippen LogP contribution < -0.4 is 10.5 Å². The number of ether oxygens (including phenoxy) is 1. The van der Waals surface area contributed by atoms with Crippen molar-refractivity contribution in [2.75, 3.05) is 7.11 Å². The molecule has 0 saturated carbocycles. The highest BCUT2D eigenvalue weighted by Gasteiger charge is 2.32. The number of hydrogen-bond donors (Lipinski definition) is 2. The predicted octanol–water partition coefficient (Wildman–Crippen LogP) is 3.54. The molecule has 1 unspecified atom stereocenters. The van der Waals surface area contributed by atoms with Crippen LogP contribution in [0.3, 0.4) is 0 Å². The summed E-state index contributed by atoms with van der Waals surface area (Å²) in [6.07, 6.45) is -4.56. The molecule has 1 aromatic rings. The summed E-state index contributed by atoms with van der Waals surface area (Å²) in [5.41, 5.74) is 5.51. The standard InChI is InChI=1S/C14H20F3NO2.ClH/c1-4-8(2)13(19)12(18)10-6-5-9(14(15,16)17)7-11(10)20-3;/h5-8,12-13,19H,4,18H2,1-3H3;1H/t8?,12-,13+;/m0./s1. The van der Waals surface area contributed by atoms with Crippen LogP contribution in [0.25, 0.3) is 0 Å². The first-order valence-corrected chi connectivity index (χ1v) is 6.41. The van der Waals surface area contributed by atoms with Crippen LogP contribution in [0, 0.1) is 5.92 Å². The van der Waals surface area contributed by atoms with E-state index in [1.54, 1.807) is 0 Å². The molecule has 1 aromatic carbocycles. The molecule has 0 amide bonds. The number of aliphatic hydroxyl groups excluding tert-OH is 1. The minimum Gasteiger partial charge on any atom is -0.496 e. The van der Waals surface area contributed by atoms with Crippen molar-refractivity contribution in [3.8, 4) is 5.75 Å². The lowest BCUT2D eigenvalue weighted by Gasteiger charge is -2.26. The zero-order valence-electron chi connectivity index (χ0n) is 12.1. The lowest BCUT2D eigenvalue weighted by molar-refractivity contribution is -0.137. The van der Waals surface area contributed by atoms with Gasteiger partial charge in [-0.1, -0.05) is 26.3 Å². The predicted molar refractivity (Wildman–Crippen MR) is 77.6 cm³/mol. The van der Waals surface area contributed by atoms with Crippen molar-refractivity contribution in [2.45, 2.75) is 38.6 Å². The Morgan fingerprint density at radius 3 is 2.33 bits per heavy atom. The molecule has 122 valence electrons. The second-order valence-corrected chi connectivity index (χ2v) is 4.86. The smallest absolute Gasteiger partial charge is 0.416 e. The maximum Gasteiger partial charge on any atom is 0.416 e. The van der Waals surface area contributed by atoms with Crippen molar-refractivity contribution in [1.29, 1.82) is 0 Å². The summed E-state index contributed by atoms with van der Waals surface area (Å²) in [5, 5.41) is 10.1. The van der Waals surface area contributed by atoms with Gasteiger partial charge in [0.2, 0.25) is 0 Å². The van der Waals surface area contributed by atoms with E-state index in [0.29, 0.717) is 5.56 Å². The fourth-order valence-corrected chi connectivity index (χ4v) is 1.94. The number of benzene rings is 1. The molecule has 0 bridgehead atoms. The molecule has 21 heavy (non-hydrogen) atoms. The van der Waals surface area contributed by atoms with Gasteiger partial charge >= 0.3 is 6.18 Å². The number of rotatable bonds is 5. The summed E-state index contributed by atoms with van der Waals surface area (Å²) in [4.78, 5) is 0. The topological polar surface area (TPSA) is 55.5 Å². The number of methoxy groups -OCH3 is 1. The van der Waals surface area contributed by atoms with E-state index in [-0.39, 0.29) is 24.1 Å². The minimum atomic E-state index is -4.44. The van der Waals surface area contributed by atoms with Crippen molar-refractivity contribution in [3.63, 3.8) is 0 Å². The number of nitrogens with two attached hydrogens (primary N) is 1. The fourth-order valence-electron chi connectivity index (χ4n) is 1.94. The summed E-state index contributed by atoms with van der Waals surface area (Å²) in [6, 6.07) is 2.32. The van der Waals surface area contributed by atoms with E-state index in [1.807, 2.05) is 13.8 Å². The number of aliphatic hydroxyl groups is 1. The van der Waals surface area contributed by atoms with Crippen LogP contribution in [0.4, 0.5) is 13.2 Å². The molecular formula is C14H21ClF3NO2. The molecule has 0 spiro atoms. The second-order valence-electron chi connectivity index (χ2n) is 4.86. The molecule has 3 nitrogen and oxygen atoms in total. The van der Waals surface area contributed by atoms with Crippen LogP contribution in [0.1, 0.15) is 37.4 Å². The summed E-state index contributed by atoms with van der Waals surface area (Å²) in [7, 11) is 1.28. The Morgan fingerprint density at radius 1 is 1.33 bits per heavy atom. The average molecular weight is 328 g/mol. The van der Waals surface area contributed by atoms with Crippen molar-refractivity contribution >= 4 is 12.4 Å². The van der Waals surface area contributed by atoms with Crippen molar-refractivity contribution < 1.29 is 23.0 Å². The van der Waals surface area contributed by atoms with Crippen LogP contribution in [0.5, 0.6) is 5.75 Å². The van der Waals surface area contributed by atoms with Crippen LogP contribution >= 0.6 is 12.4 Å². The highest BCUT2D eigenvalue weighted by atomic mass is 35.5. The Hall–Kier alpha value is -0.980. The molecular weight excluding hydrogens is 307 g/mol. The fraction of sp³-hybridized carbons (Fsp3) is 0.571. The van der Waals surface area contributed by atoms with Crippen LogP contribution in [-0.4, -0.2) is 18.3 Å². The third kappa shape index (κ3) is 4.76. The Labute approximate surface area is 128 Å². The van der Waals surface area contributed by atoms with Gasteiger partial charge in [0.15, 0.2) is 0 Å². The zero-order valence-corrected chi connectivity index (χ0v) is 13.0. The van der Waals surface area contributed by atoms with Gasteiger partial charge in [-0.15, -0.1) is 12.4 Å². The van der Waals surface area contributed by atoms with Crippen LogP contribution in [0.15, 0.2) is 18.2 Å². The minimum absolute atomic E-state index is 0. The SMILES string of the molecule is CCC(C)[C@@H](O)[C@@H](N)c1ccc(C(F)(F)F)cc1OC.Cl. The second kappa shape index (κ2) is 7.87. The van der Waals surface area contributed by atoms with Crippen molar-refractivity contribution in [2.24, 2.45) is 11.7 Å². The molecule has 7 heteroatoms. The first-order valence-electron chi connectivity index (χ1n) is 6.41. The maximum atomic E-state index is 12.6. The Kier molecular flexibility index (Phi) is 7.50. The van der Waals surface area contributed by atoms with E-state index in [9.17, 15) is 18.3 Å². The molecule has 1 rings (SSSR count). The molecule has 0 aliphatic heterocycles. The van der Waals surface area contributed by atoms with Crippen molar-refractivity contribution in [3.05, 3.63) is 29.3 Å². The van der Waals surface area contributed by atoms with Gasteiger partial charge in [0.1, 0.15) is 5.75 Å². The van der Waals surface area contributed by atoms with E-state index in [0.717, 1.165) is 18.6 Å². The first-order chi connectivity index (χ1) is 9.22. The molecule has 0 aromatic heterocycles. The molecule has 0 aliphatic rings. The molecule has 0 heterocycles. The molecule has 0 radical (unpaired) electrons. The van der Waals surface area contributed by atoms with E-state index in [2.05, 4.69) is 0 Å². The third-order valence-corrected chi connectivity index (χ3v) is 3.51. The van der Waals surface area contributed by atoms with Crippen LogP contribution in [0.2, 0.25) is 0 Å². The Morgan fingerprint density at radius 2 is 1.90 bits per heavy atom. The van der Waals surface area contributed by atoms with Crippen molar-refractivity contribution in [1.82, 2.24) is 0 Å². The van der Waals surface area contributed by atoms with Gasteiger partial charge in [-0.2, -0.15) is 13.2 Å². The zero-order chi connectivity index (χ0) is 15.5. The van der Waals surface area contributed by atoms with E-state index in [4.69, 9.17) is 10.5 Å². The van der Waals surface area contributed by atoms with Gasteiger partial charge in [0.05, 0.1) is 24.8 Å². The number of alkyl halides is 3. The summed E-state index contributed by atoms with van der Waals surface area (Å²) in [5.74, 6) is -0.0216. The molecule has 0 saturated heterocycles. The van der Waals surface area contributed by atoms with Gasteiger partial charge in [-0.25, -0.2) is 0 Å². The Balaban J connectivity index is 0.00000400. The van der Waals surface area contributed by atoms with E-state index >= 15 is 0 Å². The number of hydrogen-bond acceptors (Lipinski definition) is 3. The molecule has 0 aliphatic carbocycles. The molecule has 3 N–H and O–H groups in total. The highest BCUT2D eigenvalue weighted by Crippen LogP contribution is 2.36. The molecule has 3 atom stereocenters. The normalized spacial score (nSPS) is 15.8. The van der Waals surface area contributed by atoms with E-state index < -0.39 is 23.9 Å².